The highest BCUT2D eigenvalue weighted by molar-refractivity contribution is 6.46. The van der Waals surface area contributed by atoms with Gasteiger partial charge in [0.2, 0.25) is 0 Å². The van der Waals surface area contributed by atoms with Crippen molar-refractivity contribution in [2.75, 3.05) is 13.7 Å². The van der Waals surface area contributed by atoms with Crippen LogP contribution in [0.1, 0.15) is 28.3 Å². The molecular formula is C27H24ClNO5. The predicted molar refractivity (Wildman–Crippen MR) is 130 cm³/mol. The Hall–Kier alpha value is -3.77. The van der Waals surface area contributed by atoms with Crippen LogP contribution < -0.4 is 4.74 Å². The van der Waals surface area contributed by atoms with E-state index in [9.17, 15) is 19.8 Å². The van der Waals surface area contributed by atoms with E-state index in [1.165, 1.54) is 24.1 Å². The summed E-state index contributed by atoms with van der Waals surface area (Å²) < 4.78 is 5.39. The van der Waals surface area contributed by atoms with Crippen LogP contribution in [0.15, 0.2) is 72.3 Å². The number of likely N-dealkylation sites (tertiary alicyclic amines) is 1. The summed E-state index contributed by atoms with van der Waals surface area (Å²) in [7, 11) is 1.48. The first-order valence-corrected chi connectivity index (χ1v) is 11.1. The number of aliphatic hydroxyl groups excluding tert-OH is 1. The average Bonchev–Trinajstić information content (AvgIpc) is 3.08. The van der Waals surface area contributed by atoms with Crippen LogP contribution in [0, 0.1) is 6.92 Å². The molecule has 1 aliphatic rings. The van der Waals surface area contributed by atoms with E-state index >= 15 is 0 Å². The molecule has 0 aliphatic carbocycles. The maximum Gasteiger partial charge on any atom is 0.295 e. The van der Waals surface area contributed by atoms with Crippen molar-refractivity contribution in [2.24, 2.45) is 0 Å². The summed E-state index contributed by atoms with van der Waals surface area (Å²) in [6.45, 7) is 2.11. The van der Waals surface area contributed by atoms with Crippen molar-refractivity contribution < 1.29 is 24.5 Å². The van der Waals surface area contributed by atoms with Crippen LogP contribution in [0.5, 0.6) is 11.5 Å². The summed E-state index contributed by atoms with van der Waals surface area (Å²) in [5.74, 6) is -1.32. The third-order valence-electron chi connectivity index (χ3n) is 5.91. The molecule has 0 bridgehead atoms. The number of benzene rings is 3. The summed E-state index contributed by atoms with van der Waals surface area (Å²) >= 11 is 5.97. The number of carbonyl (C=O) groups is 2. The average molecular weight is 478 g/mol. The number of aromatic hydroxyl groups is 1. The number of aliphatic hydroxyl groups is 1. The van der Waals surface area contributed by atoms with E-state index in [2.05, 4.69) is 0 Å². The van der Waals surface area contributed by atoms with Gasteiger partial charge in [-0.2, -0.15) is 0 Å². The minimum Gasteiger partial charge on any atom is -0.508 e. The fourth-order valence-corrected chi connectivity index (χ4v) is 4.29. The maximum absolute atomic E-state index is 13.2. The SMILES string of the molecule is COc1ccc(C)cc1/C(O)=C1\C(=O)C(=O)N(CCc2ccc(Cl)cc2)C1c1ccc(O)cc1. The monoisotopic (exact) mass is 477 g/mol. The molecule has 1 aliphatic heterocycles. The highest BCUT2D eigenvalue weighted by atomic mass is 35.5. The fourth-order valence-electron chi connectivity index (χ4n) is 4.17. The summed E-state index contributed by atoms with van der Waals surface area (Å²) in [5, 5.41) is 21.7. The Morgan fingerprint density at radius 1 is 1.03 bits per heavy atom. The van der Waals surface area contributed by atoms with Crippen LogP contribution >= 0.6 is 11.6 Å². The predicted octanol–water partition coefficient (Wildman–Crippen LogP) is 5.03. The molecule has 3 aromatic carbocycles. The molecule has 0 spiro atoms. The molecule has 1 saturated heterocycles. The lowest BCUT2D eigenvalue weighted by Crippen LogP contribution is -2.31. The zero-order valence-electron chi connectivity index (χ0n) is 18.8. The standard InChI is InChI=1S/C27H24ClNO5/c1-16-3-12-22(34-2)21(15-16)25(31)23-24(18-6-10-20(30)11-7-18)29(27(33)26(23)32)14-13-17-4-8-19(28)9-5-17/h3-12,15,24,30-31H,13-14H2,1-2H3/b25-23+. The zero-order valence-corrected chi connectivity index (χ0v) is 19.5. The van der Waals surface area contributed by atoms with E-state index < -0.39 is 17.7 Å². The summed E-state index contributed by atoms with van der Waals surface area (Å²) in [6, 6.07) is 18.0. The first kappa shape index (κ1) is 23.4. The molecule has 34 heavy (non-hydrogen) atoms. The van der Waals surface area contributed by atoms with E-state index in [0.29, 0.717) is 28.3 Å². The molecule has 0 radical (unpaired) electrons. The third-order valence-corrected chi connectivity index (χ3v) is 6.17. The second kappa shape index (κ2) is 9.61. The van der Waals surface area contributed by atoms with Crippen molar-refractivity contribution in [1.29, 1.82) is 0 Å². The van der Waals surface area contributed by atoms with Crippen molar-refractivity contribution in [1.82, 2.24) is 4.90 Å². The van der Waals surface area contributed by atoms with Crippen molar-refractivity contribution in [3.8, 4) is 11.5 Å². The van der Waals surface area contributed by atoms with Gasteiger partial charge in [0.1, 0.15) is 17.3 Å². The number of phenols is 1. The second-order valence-corrected chi connectivity index (χ2v) is 8.60. The number of rotatable bonds is 6. The Bertz CT molecular complexity index is 1270. The number of ether oxygens (including phenoxy) is 1. The number of Topliss-reactive ketones (excluding diaryl/α,β-unsaturated/α-hetero) is 1. The normalized spacial score (nSPS) is 17.3. The summed E-state index contributed by atoms with van der Waals surface area (Å²) in [6.07, 6.45) is 0.493. The van der Waals surface area contributed by atoms with Crippen LogP contribution in [0.25, 0.3) is 5.76 Å². The Kier molecular flexibility index (Phi) is 6.61. The highest BCUT2D eigenvalue weighted by Crippen LogP contribution is 2.41. The number of methoxy groups -OCH3 is 1. The fraction of sp³-hybridized carbons (Fsp3) is 0.185. The van der Waals surface area contributed by atoms with Crippen molar-refractivity contribution in [3.63, 3.8) is 0 Å². The topological polar surface area (TPSA) is 87.1 Å². The molecule has 1 atom stereocenters. The van der Waals surface area contributed by atoms with Crippen LogP contribution in [0.2, 0.25) is 5.02 Å². The lowest BCUT2D eigenvalue weighted by atomic mass is 9.94. The number of nitrogens with zero attached hydrogens (tertiary/aromatic N) is 1. The molecule has 0 aromatic heterocycles. The van der Waals surface area contributed by atoms with E-state index in [0.717, 1.165) is 11.1 Å². The molecule has 3 aromatic rings. The first-order chi connectivity index (χ1) is 16.3. The van der Waals surface area contributed by atoms with Gasteiger partial charge in [0.15, 0.2) is 0 Å². The zero-order chi connectivity index (χ0) is 24.4. The first-order valence-electron chi connectivity index (χ1n) is 10.8. The van der Waals surface area contributed by atoms with Crippen LogP contribution in [0.3, 0.4) is 0 Å². The van der Waals surface area contributed by atoms with Crippen LogP contribution in [-0.4, -0.2) is 40.5 Å². The third kappa shape index (κ3) is 4.50. The quantitative estimate of drug-likeness (QED) is 0.295. The molecule has 1 heterocycles. The van der Waals surface area contributed by atoms with E-state index in [4.69, 9.17) is 16.3 Å². The summed E-state index contributed by atoms with van der Waals surface area (Å²) in [4.78, 5) is 27.8. The molecule has 6 nitrogen and oxygen atoms in total. The molecule has 2 N–H and O–H groups in total. The number of amides is 1. The van der Waals surface area contributed by atoms with Gasteiger partial charge in [-0.05, 0) is 60.9 Å². The largest absolute Gasteiger partial charge is 0.508 e. The van der Waals surface area contributed by atoms with Crippen LogP contribution in [0.4, 0.5) is 0 Å². The van der Waals surface area contributed by atoms with Gasteiger partial charge in [-0.15, -0.1) is 0 Å². The number of carbonyl (C=O) groups excluding carboxylic acids is 2. The second-order valence-electron chi connectivity index (χ2n) is 8.16. The maximum atomic E-state index is 13.2. The van der Waals surface area contributed by atoms with Gasteiger partial charge in [0, 0.05) is 11.6 Å². The Labute approximate surface area is 202 Å². The lowest BCUT2D eigenvalue weighted by Gasteiger charge is -2.25. The van der Waals surface area contributed by atoms with Gasteiger partial charge in [-0.1, -0.05) is 47.5 Å². The highest BCUT2D eigenvalue weighted by Gasteiger charge is 2.46. The van der Waals surface area contributed by atoms with Gasteiger partial charge >= 0.3 is 0 Å². The van der Waals surface area contributed by atoms with Crippen molar-refractivity contribution in [3.05, 3.63) is 99.6 Å². The van der Waals surface area contributed by atoms with Gasteiger partial charge in [-0.3, -0.25) is 9.59 Å². The minimum absolute atomic E-state index is 0.0179. The van der Waals surface area contributed by atoms with E-state index in [-0.39, 0.29) is 23.6 Å². The molecule has 4 rings (SSSR count). The number of hydrogen-bond donors (Lipinski definition) is 2. The van der Waals surface area contributed by atoms with Gasteiger partial charge < -0.3 is 19.8 Å². The molecule has 1 amide bonds. The summed E-state index contributed by atoms with van der Waals surface area (Å²) in [5.41, 5.74) is 2.73. The number of halogens is 1. The Morgan fingerprint density at radius 2 is 1.71 bits per heavy atom. The van der Waals surface area contributed by atoms with Crippen molar-refractivity contribution >= 4 is 29.1 Å². The van der Waals surface area contributed by atoms with Gasteiger partial charge in [-0.25, -0.2) is 0 Å². The van der Waals surface area contributed by atoms with Crippen molar-refractivity contribution in [2.45, 2.75) is 19.4 Å². The number of aryl methyl sites for hydroxylation is 1. The molecule has 1 fully saturated rings. The molecule has 174 valence electrons. The number of phenolic OH excluding ortho intramolecular Hbond substituents is 1. The van der Waals surface area contributed by atoms with Gasteiger partial charge in [0.25, 0.3) is 11.7 Å². The number of hydrogen-bond acceptors (Lipinski definition) is 5. The minimum atomic E-state index is -0.821. The molecule has 7 heteroatoms. The smallest absolute Gasteiger partial charge is 0.295 e. The lowest BCUT2D eigenvalue weighted by molar-refractivity contribution is -0.139. The van der Waals surface area contributed by atoms with Gasteiger partial charge in [0.05, 0.1) is 24.3 Å². The molecule has 1 unspecified atom stereocenters. The number of ketones is 1. The Morgan fingerprint density at radius 3 is 2.35 bits per heavy atom. The molecular weight excluding hydrogens is 454 g/mol. The van der Waals surface area contributed by atoms with E-state index in [1.807, 2.05) is 25.1 Å². The Balaban J connectivity index is 1.81. The van der Waals surface area contributed by atoms with Crippen LogP contribution in [-0.2, 0) is 16.0 Å². The molecule has 0 saturated carbocycles. The van der Waals surface area contributed by atoms with E-state index in [1.54, 1.807) is 36.4 Å².